The first-order valence-electron chi connectivity index (χ1n) is 10.6. The quantitative estimate of drug-likeness (QED) is 0.231. The summed E-state index contributed by atoms with van der Waals surface area (Å²) < 4.78 is 5.50. The summed E-state index contributed by atoms with van der Waals surface area (Å²) >= 11 is 11.9. The van der Waals surface area contributed by atoms with Crippen LogP contribution in [0.4, 0.5) is 11.4 Å². The van der Waals surface area contributed by atoms with Crippen LogP contribution >= 0.6 is 23.2 Å². The number of nitrogens with zero attached hydrogens (tertiary/aromatic N) is 1. The third-order valence-electron chi connectivity index (χ3n) is 4.67. The van der Waals surface area contributed by atoms with E-state index < -0.39 is 17.7 Å². The van der Waals surface area contributed by atoms with E-state index in [1.54, 1.807) is 48.5 Å². The number of nitrogens with one attached hydrogen (secondary N) is 3. The monoisotopic (exact) mass is 512 g/mol. The van der Waals surface area contributed by atoms with Gasteiger partial charge in [-0.05, 0) is 53.9 Å². The Morgan fingerprint density at radius 1 is 0.914 bits per heavy atom. The molecule has 3 amide bonds. The molecule has 35 heavy (non-hydrogen) atoms. The van der Waals surface area contributed by atoms with Crippen molar-refractivity contribution in [3.05, 3.63) is 87.9 Å². The molecular formula is C25H22Cl2N4O4. The number of rotatable bonds is 8. The predicted octanol–water partition coefficient (Wildman–Crippen LogP) is 4.66. The van der Waals surface area contributed by atoms with Crippen LogP contribution < -0.4 is 20.8 Å². The molecule has 10 heteroatoms. The predicted molar refractivity (Wildman–Crippen MR) is 137 cm³/mol. The first kappa shape index (κ1) is 25.7. The van der Waals surface area contributed by atoms with Crippen LogP contribution in [0.3, 0.4) is 0 Å². The number of carbonyl (C=O) groups excluding carboxylic acids is 3. The highest BCUT2D eigenvalue weighted by atomic mass is 35.5. The zero-order chi connectivity index (χ0) is 25.2. The molecule has 0 saturated heterocycles. The highest BCUT2D eigenvalue weighted by Gasteiger charge is 2.14. The van der Waals surface area contributed by atoms with Gasteiger partial charge in [0.15, 0.2) is 6.61 Å². The van der Waals surface area contributed by atoms with E-state index >= 15 is 0 Å². The number of carbonyl (C=O) groups is 3. The smallest absolute Gasteiger partial charge is 0.329 e. The summed E-state index contributed by atoms with van der Waals surface area (Å²) in [5.74, 6) is -1.73. The van der Waals surface area contributed by atoms with Crippen LogP contribution in [0.2, 0.25) is 10.0 Å². The van der Waals surface area contributed by atoms with Crippen LogP contribution in [0.15, 0.2) is 71.8 Å². The Balaban J connectivity index is 1.50. The molecule has 0 aliphatic heterocycles. The fourth-order valence-corrected chi connectivity index (χ4v) is 3.41. The van der Waals surface area contributed by atoms with E-state index in [-0.39, 0.29) is 6.61 Å². The SMILES string of the molecule is CCc1ccccc1NC(=O)C(=O)N/N=C\c1cccc(OCC(=O)Nc2ccc(Cl)cc2Cl)c1. The van der Waals surface area contributed by atoms with Gasteiger partial charge in [-0.15, -0.1) is 0 Å². The number of anilines is 2. The fourth-order valence-electron chi connectivity index (χ4n) is 2.96. The number of para-hydroxylation sites is 1. The van der Waals surface area contributed by atoms with E-state index in [0.717, 1.165) is 5.56 Å². The number of aryl methyl sites for hydroxylation is 1. The molecule has 3 rings (SSSR count). The van der Waals surface area contributed by atoms with Gasteiger partial charge < -0.3 is 15.4 Å². The second-order valence-corrected chi connectivity index (χ2v) is 8.04. The molecule has 0 fully saturated rings. The number of halogens is 2. The van der Waals surface area contributed by atoms with Crippen molar-refractivity contribution >= 4 is 58.5 Å². The van der Waals surface area contributed by atoms with Crippen LogP contribution in [-0.4, -0.2) is 30.5 Å². The maximum absolute atomic E-state index is 12.2. The van der Waals surface area contributed by atoms with Crippen LogP contribution in [0, 0.1) is 0 Å². The van der Waals surface area contributed by atoms with Crippen molar-refractivity contribution in [2.24, 2.45) is 5.10 Å². The molecule has 0 aliphatic carbocycles. The zero-order valence-corrected chi connectivity index (χ0v) is 20.2. The average molecular weight is 513 g/mol. The molecule has 0 spiro atoms. The summed E-state index contributed by atoms with van der Waals surface area (Å²) in [4.78, 5) is 36.3. The van der Waals surface area contributed by atoms with Crippen molar-refractivity contribution in [3.8, 4) is 5.75 Å². The first-order chi connectivity index (χ1) is 16.9. The van der Waals surface area contributed by atoms with Gasteiger partial charge in [-0.1, -0.05) is 60.5 Å². The highest BCUT2D eigenvalue weighted by Crippen LogP contribution is 2.25. The third kappa shape index (κ3) is 7.84. The molecule has 3 aromatic rings. The Kier molecular flexibility index (Phi) is 9.23. The van der Waals surface area contributed by atoms with Gasteiger partial charge in [0.2, 0.25) is 0 Å². The standard InChI is InChI=1S/C25H22Cl2N4O4/c1-2-17-7-3-4-9-21(17)30-24(33)25(34)31-28-14-16-6-5-8-19(12-16)35-15-23(32)29-22-11-10-18(26)13-20(22)27/h3-14H,2,15H2,1H3,(H,29,32)(H,30,33)(H,31,34)/b28-14-. The summed E-state index contributed by atoms with van der Waals surface area (Å²) in [5, 5.41) is 9.79. The number of hydrogen-bond acceptors (Lipinski definition) is 5. The van der Waals surface area contributed by atoms with Crippen molar-refractivity contribution < 1.29 is 19.1 Å². The normalized spacial score (nSPS) is 10.6. The number of benzene rings is 3. The molecule has 0 radical (unpaired) electrons. The first-order valence-corrected chi connectivity index (χ1v) is 11.3. The average Bonchev–Trinajstić information content (AvgIpc) is 2.85. The minimum atomic E-state index is -0.905. The number of hydrazone groups is 1. The molecule has 0 aliphatic rings. The van der Waals surface area contributed by atoms with E-state index in [4.69, 9.17) is 27.9 Å². The summed E-state index contributed by atoms with van der Waals surface area (Å²) in [5.41, 5.74) is 4.68. The number of hydrogen-bond donors (Lipinski definition) is 3. The molecule has 0 unspecified atom stereocenters. The molecular weight excluding hydrogens is 491 g/mol. The molecule has 3 N–H and O–H groups in total. The van der Waals surface area contributed by atoms with Crippen molar-refractivity contribution in [1.29, 1.82) is 0 Å². The van der Waals surface area contributed by atoms with Gasteiger partial charge in [0.05, 0.1) is 16.9 Å². The van der Waals surface area contributed by atoms with Crippen molar-refractivity contribution in [2.75, 3.05) is 17.2 Å². The lowest BCUT2D eigenvalue weighted by molar-refractivity contribution is -0.136. The van der Waals surface area contributed by atoms with Gasteiger partial charge in [0.1, 0.15) is 5.75 Å². The van der Waals surface area contributed by atoms with E-state index in [9.17, 15) is 14.4 Å². The molecule has 3 aromatic carbocycles. The number of ether oxygens (including phenoxy) is 1. The summed E-state index contributed by atoms with van der Waals surface area (Å²) in [6, 6.07) is 18.7. The van der Waals surface area contributed by atoms with Crippen LogP contribution in [0.25, 0.3) is 0 Å². The third-order valence-corrected chi connectivity index (χ3v) is 5.21. The Bertz CT molecular complexity index is 1260. The van der Waals surface area contributed by atoms with Gasteiger partial charge in [0.25, 0.3) is 5.91 Å². The van der Waals surface area contributed by atoms with Gasteiger partial charge in [-0.2, -0.15) is 5.10 Å². The van der Waals surface area contributed by atoms with E-state index in [1.165, 1.54) is 12.3 Å². The largest absolute Gasteiger partial charge is 0.484 e. The maximum Gasteiger partial charge on any atom is 0.329 e. The highest BCUT2D eigenvalue weighted by molar-refractivity contribution is 6.39. The number of amides is 3. The van der Waals surface area contributed by atoms with E-state index in [2.05, 4.69) is 21.2 Å². The maximum atomic E-state index is 12.2. The van der Waals surface area contributed by atoms with Gasteiger partial charge in [-0.25, -0.2) is 5.43 Å². The Morgan fingerprint density at radius 3 is 2.49 bits per heavy atom. The van der Waals surface area contributed by atoms with Gasteiger partial charge in [-0.3, -0.25) is 14.4 Å². The lowest BCUT2D eigenvalue weighted by atomic mass is 10.1. The molecule has 180 valence electrons. The van der Waals surface area contributed by atoms with Crippen LogP contribution in [-0.2, 0) is 20.8 Å². The lowest BCUT2D eigenvalue weighted by Gasteiger charge is -2.09. The van der Waals surface area contributed by atoms with E-state index in [0.29, 0.717) is 39.2 Å². The Morgan fingerprint density at radius 2 is 1.71 bits per heavy atom. The Labute approximate surface area is 212 Å². The summed E-state index contributed by atoms with van der Waals surface area (Å²) in [6.07, 6.45) is 2.07. The molecule has 0 aromatic heterocycles. The molecule has 0 heterocycles. The van der Waals surface area contributed by atoms with Crippen molar-refractivity contribution in [2.45, 2.75) is 13.3 Å². The van der Waals surface area contributed by atoms with Crippen molar-refractivity contribution in [3.63, 3.8) is 0 Å². The summed E-state index contributed by atoms with van der Waals surface area (Å²) in [6.45, 7) is 1.70. The minimum absolute atomic E-state index is 0.254. The Hall–Kier alpha value is -3.88. The van der Waals surface area contributed by atoms with Crippen molar-refractivity contribution in [1.82, 2.24) is 5.43 Å². The van der Waals surface area contributed by atoms with Gasteiger partial charge in [0, 0.05) is 10.7 Å². The summed E-state index contributed by atoms with van der Waals surface area (Å²) in [7, 11) is 0. The topological polar surface area (TPSA) is 109 Å². The second-order valence-electron chi connectivity index (χ2n) is 7.20. The molecule has 0 saturated carbocycles. The molecule has 8 nitrogen and oxygen atoms in total. The second kappa shape index (κ2) is 12.5. The molecule has 0 bridgehead atoms. The van der Waals surface area contributed by atoms with Gasteiger partial charge >= 0.3 is 11.8 Å². The lowest BCUT2D eigenvalue weighted by Crippen LogP contribution is -2.32. The fraction of sp³-hybridized carbons (Fsp3) is 0.120. The zero-order valence-electron chi connectivity index (χ0n) is 18.7. The van der Waals surface area contributed by atoms with Crippen LogP contribution in [0.5, 0.6) is 5.75 Å². The van der Waals surface area contributed by atoms with E-state index in [1.807, 2.05) is 19.1 Å². The minimum Gasteiger partial charge on any atom is -0.484 e. The van der Waals surface area contributed by atoms with Crippen LogP contribution in [0.1, 0.15) is 18.1 Å². The molecule has 0 atom stereocenters.